The summed E-state index contributed by atoms with van der Waals surface area (Å²) < 4.78 is 5.03. The normalized spacial score (nSPS) is 17.9. The van der Waals surface area contributed by atoms with Gasteiger partial charge in [0.15, 0.2) is 0 Å². The van der Waals surface area contributed by atoms with Crippen LogP contribution in [0.25, 0.3) is 0 Å². The molecule has 1 fully saturated rings. The fraction of sp³-hybridized carbons (Fsp3) is 0.500. The van der Waals surface area contributed by atoms with Gasteiger partial charge in [-0.15, -0.1) is 0 Å². The molecule has 1 heterocycles. The lowest BCUT2D eigenvalue weighted by Crippen LogP contribution is -2.12. The molecule has 14 heavy (non-hydrogen) atoms. The lowest BCUT2D eigenvalue weighted by Gasteiger charge is -2.11. The van der Waals surface area contributed by atoms with E-state index >= 15 is 0 Å². The Labute approximate surface area is 88.2 Å². The summed E-state index contributed by atoms with van der Waals surface area (Å²) in [5.74, 6) is 1.14. The first-order chi connectivity index (χ1) is 6.70. The van der Waals surface area contributed by atoms with Gasteiger partial charge in [0.1, 0.15) is 5.15 Å². The summed E-state index contributed by atoms with van der Waals surface area (Å²) in [6.07, 6.45) is 2.42. The molecule has 4 heteroatoms. The van der Waals surface area contributed by atoms with E-state index < -0.39 is 0 Å². The number of ether oxygens (including phenoxy) is 1. The third kappa shape index (κ3) is 1.99. The molecule has 2 rings (SSSR count). The van der Waals surface area contributed by atoms with Crippen molar-refractivity contribution in [3.8, 4) is 5.88 Å². The number of nitrogens with zero attached hydrogens (tertiary/aromatic N) is 1. The monoisotopic (exact) mass is 212 g/mol. The zero-order chi connectivity index (χ0) is 10.1. The van der Waals surface area contributed by atoms with E-state index in [-0.39, 0.29) is 6.04 Å². The van der Waals surface area contributed by atoms with Gasteiger partial charge in [0.25, 0.3) is 0 Å². The molecule has 0 saturated heterocycles. The Hall–Kier alpha value is -0.800. The maximum atomic E-state index is 6.05. The SMILES string of the molecule is COc1cc([C@@H](N)C2CC2)cc(Cl)n1. The van der Waals surface area contributed by atoms with Gasteiger partial charge in [0.05, 0.1) is 7.11 Å². The van der Waals surface area contributed by atoms with Crippen molar-refractivity contribution in [1.82, 2.24) is 4.98 Å². The van der Waals surface area contributed by atoms with Gasteiger partial charge in [-0.05, 0) is 30.4 Å². The van der Waals surface area contributed by atoms with Crippen molar-refractivity contribution < 1.29 is 4.74 Å². The van der Waals surface area contributed by atoms with E-state index in [0.29, 0.717) is 17.0 Å². The second-order valence-electron chi connectivity index (χ2n) is 3.63. The molecule has 1 atom stereocenters. The third-order valence-corrected chi connectivity index (χ3v) is 2.71. The molecule has 0 spiro atoms. The van der Waals surface area contributed by atoms with Gasteiger partial charge in [-0.25, -0.2) is 4.98 Å². The van der Waals surface area contributed by atoms with Crippen LogP contribution in [0.4, 0.5) is 0 Å². The first-order valence-corrected chi connectivity index (χ1v) is 5.05. The summed E-state index contributed by atoms with van der Waals surface area (Å²) >= 11 is 5.85. The van der Waals surface area contributed by atoms with E-state index in [1.54, 1.807) is 7.11 Å². The van der Waals surface area contributed by atoms with Gasteiger partial charge in [-0.2, -0.15) is 0 Å². The molecule has 76 valence electrons. The minimum Gasteiger partial charge on any atom is -0.481 e. The zero-order valence-electron chi connectivity index (χ0n) is 8.03. The molecule has 0 aromatic carbocycles. The second kappa shape index (κ2) is 3.75. The highest BCUT2D eigenvalue weighted by molar-refractivity contribution is 6.29. The quantitative estimate of drug-likeness (QED) is 0.782. The maximum Gasteiger partial charge on any atom is 0.214 e. The van der Waals surface area contributed by atoms with Crippen molar-refractivity contribution in [2.75, 3.05) is 7.11 Å². The largest absolute Gasteiger partial charge is 0.481 e. The van der Waals surface area contributed by atoms with Crippen LogP contribution in [0.3, 0.4) is 0 Å². The predicted molar refractivity (Wildman–Crippen MR) is 55.5 cm³/mol. The highest BCUT2D eigenvalue weighted by atomic mass is 35.5. The van der Waals surface area contributed by atoms with Crippen LogP contribution in [0.15, 0.2) is 12.1 Å². The summed E-state index contributed by atoms with van der Waals surface area (Å²) in [6, 6.07) is 3.74. The Morgan fingerprint density at radius 1 is 1.57 bits per heavy atom. The Morgan fingerprint density at radius 3 is 2.86 bits per heavy atom. The number of aromatic nitrogens is 1. The average molecular weight is 213 g/mol. The summed E-state index contributed by atoms with van der Waals surface area (Å²) in [7, 11) is 1.57. The van der Waals surface area contributed by atoms with Crippen LogP contribution in [0.5, 0.6) is 5.88 Å². The minimum atomic E-state index is 0.0735. The average Bonchev–Trinajstić information content (AvgIpc) is 2.99. The fourth-order valence-electron chi connectivity index (χ4n) is 1.52. The van der Waals surface area contributed by atoms with Crippen molar-refractivity contribution >= 4 is 11.6 Å². The number of hydrogen-bond acceptors (Lipinski definition) is 3. The van der Waals surface area contributed by atoms with E-state index in [4.69, 9.17) is 22.1 Å². The third-order valence-electron chi connectivity index (χ3n) is 2.52. The van der Waals surface area contributed by atoms with E-state index in [2.05, 4.69) is 4.98 Å². The number of nitrogens with two attached hydrogens (primary N) is 1. The van der Waals surface area contributed by atoms with Crippen molar-refractivity contribution in [3.63, 3.8) is 0 Å². The first-order valence-electron chi connectivity index (χ1n) is 4.68. The van der Waals surface area contributed by atoms with E-state index in [0.717, 1.165) is 5.56 Å². The zero-order valence-corrected chi connectivity index (χ0v) is 8.79. The summed E-state index contributed by atoms with van der Waals surface area (Å²) in [4.78, 5) is 4.00. The van der Waals surface area contributed by atoms with Crippen LogP contribution in [0.1, 0.15) is 24.4 Å². The summed E-state index contributed by atoms with van der Waals surface area (Å²) in [6.45, 7) is 0. The van der Waals surface area contributed by atoms with Crippen molar-refractivity contribution in [2.45, 2.75) is 18.9 Å². The van der Waals surface area contributed by atoms with Gasteiger partial charge < -0.3 is 10.5 Å². The molecule has 3 nitrogen and oxygen atoms in total. The van der Waals surface area contributed by atoms with Gasteiger partial charge in [0.2, 0.25) is 5.88 Å². The molecule has 1 aromatic heterocycles. The highest BCUT2D eigenvalue weighted by Crippen LogP contribution is 2.40. The highest BCUT2D eigenvalue weighted by Gasteiger charge is 2.29. The molecule has 0 bridgehead atoms. The Morgan fingerprint density at radius 2 is 2.29 bits per heavy atom. The lowest BCUT2D eigenvalue weighted by molar-refractivity contribution is 0.396. The van der Waals surface area contributed by atoms with E-state index in [1.807, 2.05) is 12.1 Å². The van der Waals surface area contributed by atoms with E-state index in [9.17, 15) is 0 Å². The molecule has 1 saturated carbocycles. The standard InChI is InChI=1S/C10H13ClN2O/c1-14-9-5-7(4-8(11)13-9)10(12)6-2-3-6/h4-6,10H,2-3,12H2,1H3/t10-/m0/s1. The van der Waals surface area contributed by atoms with Crippen LogP contribution in [-0.2, 0) is 0 Å². The molecule has 0 unspecified atom stereocenters. The van der Waals surface area contributed by atoms with Gasteiger partial charge in [-0.3, -0.25) is 0 Å². The molecule has 1 aliphatic carbocycles. The number of pyridine rings is 1. The molecule has 0 radical (unpaired) electrons. The maximum absolute atomic E-state index is 6.05. The second-order valence-corrected chi connectivity index (χ2v) is 4.02. The summed E-state index contributed by atoms with van der Waals surface area (Å²) in [5.41, 5.74) is 7.07. The smallest absolute Gasteiger partial charge is 0.214 e. The molecule has 1 aliphatic rings. The Balaban J connectivity index is 2.27. The van der Waals surface area contributed by atoms with Gasteiger partial charge in [-0.1, -0.05) is 11.6 Å². The van der Waals surface area contributed by atoms with Crippen LogP contribution in [0.2, 0.25) is 5.15 Å². The van der Waals surface area contributed by atoms with Crippen molar-refractivity contribution in [3.05, 3.63) is 22.8 Å². The summed E-state index contributed by atoms with van der Waals surface area (Å²) in [5, 5.41) is 0.440. The number of methoxy groups -OCH3 is 1. The molecule has 0 amide bonds. The van der Waals surface area contributed by atoms with E-state index in [1.165, 1.54) is 12.8 Å². The number of rotatable bonds is 3. The molecule has 1 aromatic rings. The van der Waals surface area contributed by atoms with Gasteiger partial charge >= 0.3 is 0 Å². The van der Waals surface area contributed by atoms with Crippen LogP contribution in [0, 0.1) is 5.92 Å². The topological polar surface area (TPSA) is 48.1 Å². The molecular formula is C10H13ClN2O. The van der Waals surface area contributed by atoms with Crippen LogP contribution < -0.4 is 10.5 Å². The van der Waals surface area contributed by atoms with Crippen molar-refractivity contribution in [2.24, 2.45) is 11.7 Å². The number of halogens is 1. The Kier molecular flexibility index (Phi) is 2.61. The minimum absolute atomic E-state index is 0.0735. The van der Waals surface area contributed by atoms with Crippen LogP contribution >= 0.6 is 11.6 Å². The molecule has 0 aliphatic heterocycles. The first kappa shape index (κ1) is 9.74. The Bertz CT molecular complexity index is 339. The van der Waals surface area contributed by atoms with Crippen molar-refractivity contribution in [1.29, 1.82) is 0 Å². The predicted octanol–water partition coefficient (Wildman–Crippen LogP) is 2.15. The number of hydrogen-bond donors (Lipinski definition) is 1. The van der Waals surface area contributed by atoms with Gasteiger partial charge in [0, 0.05) is 12.1 Å². The molecular weight excluding hydrogens is 200 g/mol. The molecule has 2 N–H and O–H groups in total. The lowest BCUT2D eigenvalue weighted by atomic mass is 10.1. The fourth-order valence-corrected chi connectivity index (χ4v) is 1.73. The van der Waals surface area contributed by atoms with Crippen LogP contribution in [-0.4, -0.2) is 12.1 Å².